The normalized spacial score (nSPS) is 25.1. The first kappa shape index (κ1) is 11.1. The van der Waals surface area contributed by atoms with E-state index in [9.17, 15) is 4.79 Å². The molecule has 1 aromatic heterocycles. The zero-order valence-corrected chi connectivity index (χ0v) is 9.35. The molecule has 0 spiro atoms. The highest BCUT2D eigenvalue weighted by molar-refractivity contribution is 5.75. The summed E-state index contributed by atoms with van der Waals surface area (Å²) in [6, 6.07) is 3.99. The van der Waals surface area contributed by atoms with E-state index >= 15 is 0 Å². The molecule has 1 aliphatic heterocycles. The number of hydrogen-bond acceptors (Lipinski definition) is 4. The Morgan fingerprint density at radius 2 is 2.44 bits per heavy atom. The molecule has 4 heteroatoms. The molecule has 1 aliphatic rings. The monoisotopic (exact) mass is 220 g/mol. The molecule has 0 saturated carbocycles. The quantitative estimate of drug-likeness (QED) is 0.766. The topological polar surface area (TPSA) is 51.2 Å². The van der Waals surface area contributed by atoms with Gasteiger partial charge in [-0.25, -0.2) is 0 Å². The van der Waals surface area contributed by atoms with Crippen molar-refractivity contribution in [1.82, 2.24) is 10.3 Å². The molecule has 4 nitrogen and oxygen atoms in total. The van der Waals surface area contributed by atoms with Gasteiger partial charge in [0.2, 0.25) is 0 Å². The predicted octanol–water partition coefficient (Wildman–Crippen LogP) is 1.44. The number of methoxy groups -OCH3 is 1. The first-order valence-electron chi connectivity index (χ1n) is 5.55. The van der Waals surface area contributed by atoms with E-state index in [0.717, 1.165) is 24.8 Å². The summed E-state index contributed by atoms with van der Waals surface area (Å²) in [5.74, 6) is -0.173. The third-order valence-electron chi connectivity index (χ3n) is 2.96. The maximum Gasteiger partial charge on any atom is 0.322 e. The van der Waals surface area contributed by atoms with E-state index < -0.39 is 0 Å². The van der Waals surface area contributed by atoms with E-state index in [-0.39, 0.29) is 18.1 Å². The molecule has 0 radical (unpaired) electrons. The van der Waals surface area contributed by atoms with Crippen LogP contribution in [0.2, 0.25) is 0 Å². The maximum absolute atomic E-state index is 11.4. The summed E-state index contributed by atoms with van der Waals surface area (Å²) in [4.78, 5) is 15.5. The minimum Gasteiger partial charge on any atom is -0.468 e. The molecule has 0 aliphatic carbocycles. The van der Waals surface area contributed by atoms with Crippen LogP contribution in [-0.2, 0) is 9.53 Å². The molecule has 2 heterocycles. The zero-order chi connectivity index (χ0) is 11.4. The maximum atomic E-state index is 11.4. The van der Waals surface area contributed by atoms with Gasteiger partial charge in [0.05, 0.1) is 7.11 Å². The lowest BCUT2D eigenvalue weighted by Gasteiger charge is -2.29. The van der Waals surface area contributed by atoms with Gasteiger partial charge in [0, 0.05) is 18.4 Å². The standard InChI is InChI=1S/C12H16N2O2/c1-16-12(15)11-6-2-5-10(14-11)9-4-3-7-13-8-9/h3-4,7-8,10-11,14H,2,5-6H2,1H3/t10?,11-/m0/s1. The molecule has 0 bridgehead atoms. The number of ether oxygens (including phenoxy) is 1. The Morgan fingerprint density at radius 3 is 3.12 bits per heavy atom. The molecule has 1 unspecified atom stereocenters. The van der Waals surface area contributed by atoms with Crippen LogP contribution in [0.1, 0.15) is 30.9 Å². The lowest BCUT2D eigenvalue weighted by molar-refractivity contribution is -0.144. The fourth-order valence-corrected chi connectivity index (χ4v) is 2.11. The number of nitrogens with zero attached hydrogens (tertiary/aromatic N) is 1. The minimum absolute atomic E-state index is 0.173. The molecule has 2 rings (SSSR count). The van der Waals surface area contributed by atoms with E-state index in [4.69, 9.17) is 4.74 Å². The van der Waals surface area contributed by atoms with Gasteiger partial charge in [-0.15, -0.1) is 0 Å². The van der Waals surface area contributed by atoms with Gasteiger partial charge in [0.15, 0.2) is 0 Å². The average molecular weight is 220 g/mol. The van der Waals surface area contributed by atoms with Crippen LogP contribution in [0, 0.1) is 0 Å². The van der Waals surface area contributed by atoms with Gasteiger partial charge >= 0.3 is 5.97 Å². The first-order chi connectivity index (χ1) is 7.81. The first-order valence-corrected chi connectivity index (χ1v) is 5.55. The van der Waals surface area contributed by atoms with Crippen LogP contribution in [0.4, 0.5) is 0 Å². The highest BCUT2D eigenvalue weighted by Crippen LogP contribution is 2.25. The SMILES string of the molecule is COC(=O)[C@@H]1CCCC(c2cccnc2)N1. The summed E-state index contributed by atoms with van der Waals surface area (Å²) in [7, 11) is 1.43. The Hall–Kier alpha value is -1.42. The highest BCUT2D eigenvalue weighted by atomic mass is 16.5. The lowest BCUT2D eigenvalue weighted by atomic mass is 9.94. The van der Waals surface area contributed by atoms with Gasteiger partial charge in [0.1, 0.15) is 6.04 Å². The second kappa shape index (κ2) is 5.07. The van der Waals surface area contributed by atoms with Crippen molar-refractivity contribution in [2.75, 3.05) is 7.11 Å². The van der Waals surface area contributed by atoms with Gasteiger partial charge in [-0.3, -0.25) is 15.1 Å². The van der Waals surface area contributed by atoms with Crippen LogP contribution in [-0.4, -0.2) is 24.1 Å². The Labute approximate surface area is 95.0 Å². The van der Waals surface area contributed by atoms with Crippen LogP contribution in [0.5, 0.6) is 0 Å². The van der Waals surface area contributed by atoms with Gasteiger partial charge < -0.3 is 4.74 Å². The molecule has 0 aromatic carbocycles. The minimum atomic E-state index is -0.177. The summed E-state index contributed by atoms with van der Waals surface area (Å²) in [5.41, 5.74) is 1.14. The van der Waals surface area contributed by atoms with Crippen molar-refractivity contribution in [3.8, 4) is 0 Å². The van der Waals surface area contributed by atoms with E-state index in [0.29, 0.717) is 0 Å². The largest absolute Gasteiger partial charge is 0.468 e. The van der Waals surface area contributed by atoms with Crippen LogP contribution in [0.3, 0.4) is 0 Å². The summed E-state index contributed by atoms with van der Waals surface area (Å²) in [6.07, 6.45) is 6.52. The molecular formula is C12H16N2O2. The van der Waals surface area contributed by atoms with E-state index in [1.165, 1.54) is 7.11 Å². The van der Waals surface area contributed by atoms with E-state index in [1.807, 2.05) is 18.3 Å². The molecule has 1 N–H and O–H groups in total. The van der Waals surface area contributed by atoms with Crippen LogP contribution in [0.15, 0.2) is 24.5 Å². The van der Waals surface area contributed by atoms with Gasteiger partial charge in [-0.05, 0) is 30.9 Å². The number of carbonyl (C=O) groups is 1. The Morgan fingerprint density at radius 1 is 1.56 bits per heavy atom. The van der Waals surface area contributed by atoms with Crippen molar-refractivity contribution in [1.29, 1.82) is 0 Å². The highest BCUT2D eigenvalue weighted by Gasteiger charge is 2.27. The van der Waals surface area contributed by atoms with Gasteiger partial charge in [-0.1, -0.05) is 6.07 Å². The summed E-state index contributed by atoms with van der Waals surface area (Å²) < 4.78 is 4.76. The second-order valence-corrected chi connectivity index (χ2v) is 4.01. The number of piperidine rings is 1. The number of pyridine rings is 1. The predicted molar refractivity (Wildman–Crippen MR) is 59.8 cm³/mol. The van der Waals surface area contributed by atoms with Crippen molar-refractivity contribution >= 4 is 5.97 Å². The van der Waals surface area contributed by atoms with Crippen LogP contribution < -0.4 is 5.32 Å². The van der Waals surface area contributed by atoms with Crippen molar-refractivity contribution < 1.29 is 9.53 Å². The van der Waals surface area contributed by atoms with Crippen LogP contribution >= 0.6 is 0 Å². The number of carbonyl (C=O) groups excluding carboxylic acids is 1. The third kappa shape index (κ3) is 2.39. The lowest BCUT2D eigenvalue weighted by Crippen LogP contribution is -2.43. The molecule has 16 heavy (non-hydrogen) atoms. The molecule has 1 aromatic rings. The third-order valence-corrected chi connectivity index (χ3v) is 2.96. The molecular weight excluding hydrogens is 204 g/mol. The van der Waals surface area contributed by atoms with Crippen molar-refractivity contribution in [3.63, 3.8) is 0 Å². The van der Waals surface area contributed by atoms with E-state index in [2.05, 4.69) is 10.3 Å². The van der Waals surface area contributed by atoms with Crippen molar-refractivity contribution in [2.45, 2.75) is 31.3 Å². The smallest absolute Gasteiger partial charge is 0.322 e. The Kier molecular flexibility index (Phi) is 3.51. The number of esters is 1. The summed E-state index contributed by atoms with van der Waals surface area (Å²) >= 11 is 0. The summed E-state index contributed by atoms with van der Waals surface area (Å²) in [5, 5.41) is 3.31. The molecule has 2 atom stereocenters. The Bertz CT molecular complexity index is 353. The van der Waals surface area contributed by atoms with Gasteiger partial charge in [-0.2, -0.15) is 0 Å². The number of hydrogen-bond donors (Lipinski definition) is 1. The van der Waals surface area contributed by atoms with E-state index in [1.54, 1.807) is 6.20 Å². The molecule has 1 saturated heterocycles. The number of aromatic nitrogens is 1. The average Bonchev–Trinajstić information content (AvgIpc) is 2.39. The van der Waals surface area contributed by atoms with Crippen molar-refractivity contribution in [2.24, 2.45) is 0 Å². The van der Waals surface area contributed by atoms with Crippen molar-refractivity contribution in [3.05, 3.63) is 30.1 Å². The number of nitrogens with one attached hydrogen (secondary N) is 1. The van der Waals surface area contributed by atoms with Crippen LogP contribution in [0.25, 0.3) is 0 Å². The number of rotatable bonds is 2. The second-order valence-electron chi connectivity index (χ2n) is 4.01. The fraction of sp³-hybridized carbons (Fsp3) is 0.500. The zero-order valence-electron chi connectivity index (χ0n) is 9.35. The van der Waals surface area contributed by atoms with Gasteiger partial charge in [0.25, 0.3) is 0 Å². The molecule has 0 amide bonds. The summed E-state index contributed by atoms with van der Waals surface area (Å²) in [6.45, 7) is 0. The molecule has 1 fully saturated rings. The molecule has 86 valence electrons. The fourth-order valence-electron chi connectivity index (χ4n) is 2.11. The Balaban J connectivity index is 2.05.